The van der Waals surface area contributed by atoms with Gasteiger partial charge in [0.25, 0.3) is 5.78 Å². The normalized spacial score (nSPS) is 16.6. The van der Waals surface area contributed by atoms with Crippen molar-refractivity contribution >= 4 is 11.7 Å². The number of amides is 1. The van der Waals surface area contributed by atoms with Crippen molar-refractivity contribution < 1.29 is 4.79 Å². The average molecular weight is 287 g/mol. The number of rotatable bonds is 2. The van der Waals surface area contributed by atoms with Crippen LogP contribution in [-0.4, -0.2) is 43.5 Å². The Morgan fingerprint density at radius 2 is 2.00 bits per heavy atom. The molecule has 0 radical (unpaired) electrons. The number of aryl methyl sites for hydroxylation is 2. The van der Waals surface area contributed by atoms with E-state index in [2.05, 4.69) is 22.0 Å². The molecule has 2 aromatic rings. The number of fused-ring (bicyclic) bond motifs is 1. The Bertz CT molecular complexity index is 670. The van der Waals surface area contributed by atoms with Gasteiger partial charge in [0.1, 0.15) is 0 Å². The molecule has 0 unspecified atom stereocenters. The Hall–Kier alpha value is -1.98. The van der Waals surface area contributed by atoms with E-state index in [0.29, 0.717) is 11.6 Å². The van der Waals surface area contributed by atoms with E-state index in [1.165, 1.54) is 0 Å². The Balaban J connectivity index is 1.75. The SMILES string of the molecule is Cc1cc(C)n2nc(CC(=O)N3CCC(C)CC3)nc2n1. The molecule has 3 heterocycles. The quantitative estimate of drug-likeness (QED) is 0.840. The maximum absolute atomic E-state index is 12.3. The Labute approximate surface area is 124 Å². The van der Waals surface area contributed by atoms with Crippen molar-refractivity contribution in [3.05, 3.63) is 23.3 Å². The third kappa shape index (κ3) is 2.89. The lowest BCUT2D eigenvalue weighted by molar-refractivity contribution is -0.131. The summed E-state index contributed by atoms with van der Waals surface area (Å²) < 4.78 is 1.70. The van der Waals surface area contributed by atoms with E-state index < -0.39 is 0 Å². The van der Waals surface area contributed by atoms with E-state index in [0.717, 1.165) is 43.2 Å². The smallest absolute Gasteiger partial charge is 0.252 e. The summed E-state index contributed by atoms with van der Waals surface area (Å²) in [6, 6.07) is 1.96. The van der Waals surface area contributed by atoms with Crippen molar-refractivity contribution in [2.75, 3.05) is 13.1 Å². The van der Waals surface area contributed by atoms with Crippen LogP contribution in [0.5, 0.6) is 0 Å². The van der Waals surface area contributed by atoms with Gasteiger partial charge in [-0.3, -0.25) is 4.79 Å². The summed E-state index contributed by atoms with van der Waals surface area (Å²) in [6.07, 6.45) is 2.44. The minimum Gasteiger partial charge on any atom is -0.342 e. The van der Waals surface area contributed by atoms with Gasteiger partial charge >= 0.3 is 0 Å². The molecular weight excluding hydrogens is 266 g/mol. The molecule has 0 spiro atoms. The van der Waals surface area contributed by atoms with Crippen LogP contribution in [0.1, 0.15) is 37.0 Å². The van der Waals surface area contributed by atoms with Crippen LogP contribution in [0.25, 0.3) is 5.78 Å². The van der Waals surface area contributed by atoms with Crippen LogP contribution < -0.4 is 0 Å². The molecule has 0 bridgehead atoms. The Morgan fingerprint density at radius 1 is 1.29 bits per heavy atom. The highest BCUT2D eigenvalue weighted by atomic mass is 16.2. The van der Waals surface area contributed by atoms with Crippen LogP contribution in [0.4, 0.5) is 0 Å². The summed E-state index contributed by atoms with van der Waals surface area (Å²) in [4.78, 5) is 23.0. The van der Waals surface area contributed by atoms with Gasteiger partial charge in [-0.15, -0.1) is 5.10 Å². The highest BCUT2D eigenvalue weighted by Gasteiger charge is 2.21. The number of hydrogen-bond donors (Lipinski definition) is 0. The van der Waals surface area contributed by atoms with Gasteiger partial charge in [0.15, 0.2) is 5.82 Å². The van der Waals surface area contributed by atoms with Gasteiger partial charge < -0.3 is 4.90 Å². The molecule has 0 atom stereocenters. The second kappa shape index (κ2) is 5.42. The standard InChI is InChI=1S/C15H21N5O/c1-10-4-6-19(7-5-10)14(21)9-13-17-15-16-11(2)8-12(3)20(15)18-13/h8,10H,4-7,9H2,1-3H3. The van der Waals surface area contributed by atoms with Crippen molar-refractivity contribution in [3.63, 3.8) is 0 Å². The third-order valence-electron chi connectivity index (χ3n) is 4.11. The molecule has 2 aromatic heterocycles. The minimum atomic E-state index is 0.118. The highest BCUT2D eigenvalue weighted by molar-refractivity contribution is 5.78. The zero-order chi connectivity index (χ0) is 15.0. The first-order valence-corrected chi connectivity index (χ1v) is 7.50. The topological polar surface area (TPSA) is 63.4 Å². The summed E-state index contributed by atoms with van der Waals surface area (Å²) in [5.41, 5.74) is 1.89. The van der Waals surface area contributed by atoms with E-state index in [1.807, 2.05) is 24.8 Å². The molecule has 6 heteroatoms. The number of likely N-dealkylation sites (tertiary alicyclic amines) is 1. The lowest BCUT2D eigenvalue weighted by Gasteiger charge is -2.30. The van der Waals surface area contributed by atoms with E-state index in [9.17, 15) is 4.79 Å². The number of carbonyl (C=O) groups excluding carboxylic acids is 1. The molecule has 21 heavy (non-hydrogen) atoms. The van der Waals surface area contributed by atoms with Crippen LogP contribution in [0.3, 0.4) is 0 Å². The van der Waals surface area contributed by atoms with E-state index in [4.69, 9.17) is 0 Å². The predicted octanol–water partition coefficient (Wildman–Crippen LogP) is 1.54. The van der Waals surface area contributed by atoms with E-state index in [1.54, 1.807) is 4.52 Å². The fraction of sp³-hybridized carbons (Fsp3) is 0.600. The average Bonchev–Trinajstić information content (AvgIpc) is 2.82. The van der Waals surface area contributed by atoms with Gasteiger partial charge in [0.05, 0.1) is 6.42 Å². The second-order valence-electron chi connectivity index (χ2n) is 6.02. The van der Waals surface area contributed by atoms with Crippen LogP contribution >= 0.6 is 0 Å². The Morgan fingerprint density at radius 3 is 2.71 bits per heavy atom. The van der Waals surface area contributed by atoms with Crippen LogP contribution in [0.15, 0.2) is 6.07 Å². The second-order valence-corrected chi connectivity index (χ2v) is 6.02. The fourth-order valence-corrected chi connectivity index (χ4v) is 2.79. The number of nitrogens with zero attached hydrogens (tertiary/aromatic N) is 5. The molecule has 0 saturated carbocycles. The van der Waals surface area contributed by atoms with Gasteiger partial charge in [0.2, 0.25) is 5.91 Å². The molecule has 6 nitrogen and oxygen atoms in total. The van der Waals surface area contributed by atoms with Crippen molar-refractivity contribution in [1.82, 2.24) is 24.5 Å². The maximum atomic E-state index is 12.3. The highest BCUT2D eigenvalue weighted by Crippen LogP contribution is 2.16. The molecule has 1 saturated heterocycles. The van der Waals surface area contributed by atoms with Crippen molar-refractivity contribution in [3.8, 4) is 0 Å². The van der Waals surface area contributed by atoms with Crippen LogP contribution in [-0.2, 0) is 11.2 Å². The maximum Gasteiger partial charge on any atom is 0.252 e. The fourth-order valence-electron chi connectivity index (χ4n) is 2.79. The van der Waals surface area contributed by atoms with Gasteiger partial charge in [-0.25, -0.2) is 9.50 Å². The lowest BCUT2D eigenvalue weighted by atomic mass is 9.99. The van der Waals surface area contributed by atoms with E-state index >= 15 is 0 Å². The van der Waals surface area contributed by atoms with Gasteiger partial charge in [0, 0.05) is 24.5 Å². The molecule has 112 valence electrons. The van der Waals surface area contributed by atoms with Crippen molar-refractivity contribution in [2.24, 2.45) is 5.92 Å². The predicted molar refractivity (Wildman–Crippen MR) is 78.9 cm³/mol. The summed E-state index contributed by atoms with van der Waals surface area (Å²) >= 11 is 0. The molecule has 1 aliphatic heterocycles. The molecular formula is C15H21N5O. The molecule has 0 N–H and O–H groups in total. The van der Waals surface area contributed by atoms with Crippen molar-refractivity contribution in [1.29, 1.82) is 0 Å². The molecule has 0 aromatic carbocycles. The van der Waals surface area contributed by atoms with Gasteiger partial charge in [-0.05, 0) is 38.7 Å². The first-order chi connectivity index (χ1) is 10.0. The summed E-state index contributed by atoms with van der Waals surface area (Å²) in [7, 11) is 0. The first kappa shape index (κ1) is 14.0. The number of piperidine rings is 1. The number of aromatic nitrogens is 4. The largest absolute Gasteiger partial charge is 0.342 e. The number of carbonyl (C=O) groups is 1. The van der Waals surface area contributed by atoms with E-state index in [-0.39, 0.29) is 12.3 Å². The zero-order valence-electron chi connectivity index (χ0n) is 12.8. The summed E-state index contributed by atoms with van der Waals surface area (Å²) in [5, 5.41) is 4.40. The summed E-state index contributed by atoms with van der Waals surface area (Å²) in [6.45, 7) is 7.84. The van der Waals surface area contributed by atoms with Crippen LogP contribution in [0, 0.1) is 19.8 Å². The minimum absolute atomic E-state index is 0.118. The third-order valence-corrected chi connectivity index (χ3v) is 4.11. The molecule has 0 aliphatic carbocycles. The van der Waals surface area contributed by atoms with Crippen molar-refractivity contribution in [2.45, 2.75) is 40.0 Å². The lowest BCUT2D eigenvalue weighted by Crippen LogP contribution is -2.38. The zero-order valence-corrected chi connectivity index (χ0v) is 12.8. The monoisotopic (exact) mass is 287 g/mol. The number of hydrogen-bond acceptors (Lipinski definition) is 4. The van der Waals surface area contributed by atoms with Gasteiger partial charge in [-0.2, -0.15) is 4.98 Å². The van der Waals surface area contributed by atoms with Gasteiger partial charge in [-0.1, -0.05) is 6.92 Å². The molecule has 1 aliphatic rings. The first-order valence-electron chi connectivity index (χ1n) is 7.50. The molecule has 1 fully saturated rings. The van der Waals surface area contributed by atoms with Crippen LogP contribution in [0.2, 0.25) is 0 Å². The summed E-state index contributed by atoms with van der Waals surface area (Å²) in [5.74, 6) is 1.96. The molecule has 1 amide bonds. The molecule has 3 rings (SSSR count). The Kier molecular flexibility index (Phi) is 3.61.